The summed E-state index contributed by atoms with van der Waals surface area (Å²) < 4.78 is 1.86. The Morgan fingerprint density at radius 3 is 2.46 bits per heavy atom. The van der Waals surface area contributed by atoms with Gasteiger partial charge in [0.1, 0.15) is 12.1 Å². The third kappa shape index (κ3) is 4.90. The van der Waals surface area contributed by atoms with Gasteiger partial charge in [-0.05, 0) is 56.4 Å². The minimum absolute atomic E-state index is 0.000498. The average molecular weight is 469 g/mol. The van der Waals surface area contributed by atoms with Crippen molar-refractivity contribution in [3.8, 4) is 5.69 Å². The van der Waals surface area contributed by atoms with Gasteiger partial charge in [0.15, 0.2) is 5.65 Å². The zero-order valence-electron chi connectivity index (χ0n) is 20.6. The van der Waals surface area contributed by atoms with Crippen LogP contribution in [0.5, 0.6) is 0 Å². The van der Waals surface area contributed by atoms with E-state index < -0.39 is 0 Å². The van der Waals surface area contributed by atoms with E-state index in [0.717, 1.165) is 54.8 Å². The fourth-order valence-electron chi connectivity index (χ4n) is 4.72. The maximum atomic E-state index is 13.0. The van der Waals surface area contributed by atoms with Crippen molar-refractivity contribution in [2.75, 3.05) is 18.0 Å². The molecule has 0 bridgehead atoms. The van der Waals surface area contributed by atoms with Crippen LogP contribution in [-0.4, -0.2) is 38.7 Å². The number of rotatable bonds is 6. The molecule has 3 heterocycles. The van der Waals surface area contributed by atoms with Crippen molar-refractivity contribution in [3.05, 3.63) is 77.7 Å². The number of hydrogen-bond donors (Lipinski definition) is 1. The Kier molecular flexibility index (Phi) is 6.49. The summed E-state index contributed by atoms with van der Waals surface area (Å²) in [5, 5.41) is 8.81. The largest absolute Gasteiger partial charge is 0.356 e. The van der Waals surface area contributed by atoms with Crippen LogP contribution in [0.25, 0.3) is 16.7 Å². The Balaban J connectivity index is 1.24. The van der Waals surface area contributed by atoms with E-state index in [1.807, 2.05) is 10.9 Å². The molecule has 0 aliphatic carbocycles. The molecule has 7 heteroatoms. The van der Waals surface area contributed by atoms with Crippen molar-refractivity contribution < 1.29 is 4.79 Å². The van der Waals surface area contributed by atoms with Crippen LogP contribution in [0, 0.1) is 12.8 Å². The van der Waals surface area contributed by atoms with Gasteiger partial charge in [-0.15, -0.1) is 5.10 Å². The number of anilines is 1. The molecule has 1 fully saturated rings. The summed E-state index contributed by atoms with van der Waals surface area (Å²) in [6, 6.07) is 16.8. The first-order valence-corrected chi connectivity index (χ1v) is 12.4. The number of carbonyl (C=O) groups is 1. The molecule has 4 aromatic rings. The molecule has 2 aromatic carbocycles. The number of nitrogens with one attached hydrogen (secondary N) is 1. The summed E-state index contributed by atoms with van der Waals surface area (Å²) in [7, 11) is 0. The number of carbonyl (C=O) groups excluding carboxylic acids is 1. The van der Waals surface area contributed by atoms with Crippen LogP contribution in [0.3, 0.4) is 0 Å². The minimum atomic E-state index is 0.000498. The summed E-state index contributed by atoms with van der Waals surface area (Å²) in [4.78, 5) is 24.2. The van der Waals surface area contributed by atoms with Gasteiger partial charge >= 0.3 is 0 Å². The molecule has 7 nitrogen and oxygen atoms in total. The molecule has 0 radical (unpaired) electrons. The molecule has 1 N–H and O–H groups in total. The molecule has 1 aliphatic rings. The molecule has 2 aromatic heterocycles. The van der Waals surface area contributed by atoms with E-state index in [1.165, 1.54) is 11.1 Å². The number of aromatic nitrogens is 4. The summed E-state index contributed by atoms with van der Waals surface area (Å²) in [6.07, 6.45) is 6.19. The van der Waals surface area contributed by atoms with Crippen LogP contribution in [-0.2, 0) is 11.2 Å². The minimum Gasteiger partial charge on any atom is -0.356 e. The second kappa shape index (κ2) is 9.86. The van der Waals surface area contributed by atoms with Crippen LogP contribution in [0.1, 0.15) is 49.4 Å². The van der Waals surface area contributed by atoms with Crippen molar-refractivity contribution in [2.45, 2.75) is 46.1 Å². The molecule has 35 heavy (non-hydrogen) atoms. The Hall–Kier alpha value is -3.74. The molecular weight excluding hydrogens is 436 g/mol. The molecular formula is C28H32N6O. The van der Waals surface area contributed by atoms with Crippen molar-refractivity contribution >= 4 is 22.8 Å². The standard InChI is InChI=1S/C28H32N6O/c1-4-21-7-9-22(10-8-21)20(3)31-28(35)23-13-15-33(16-14-23)27-25-17-34(32-26(25)29-18-30-27)24-11-5-19(2)6-12-24/h5-12,17-18,20,23H,4,13-16H2,1-3H3,(H,31,35). The third-order valence-corrected chi connectivity index (χ3v) is 7.01. The molecule has 0 spiro atoms. The predicted octanol–water partition coefficient (Wildman–Crippen LogP) is 4.78. The molecule has 1 amide bonds. The van der Waals surface area contributed by atoms with E-state index in [-0.39, 0.29) is 17.9 Å². The first kappa shape index (κ1) is 23.0. The van der Waals surface area contributed by atoms with E-state index in [9.17, 15) is 4.79 Å². The van der Waals surface area contributed by atoms with Crippen LogP contribution < -0.4 is 10.2 Å². The summed E-state index contributed by atoms with van der Waals surface area (Å²) in [5.74, 6) is 1.03. The normalized spacial score (nSPS) is 15.3. The molecule has 1 saturated heterocycles. The van der Waals surface area contributed by atoms with Crippen molar-refractivity contribution in [1.29, 1.82) is 0 Å². The Morgan fingerprint density at radius 2 is 1.77 bits per heavy atom. The van der Waals surface area contributed by atoms with Gasteiger partial charge < -0.3 is 10.2 Å². The van der Waals surface area contributed by atoms with Crippen LogP contribution in [0.4, 0.5) is 5.82 Å². The fraction of sp³-hybridized carbons (Fsp3) is 0.357. The topological polar surface area (TPSA) is 75.9 Å². The highest BCUT2D eigenvalue weighted by Gasteiger charge is 2.28. The second-order valence-electron chi connectivity index (χ2n) is 9.43. The summed E-state index contributed by atoms with van der Waals surface area (Å²) >= 11 is 0. The highest BCUT2D eigenvalue weighted by molar-refractivity contribution is 5.87. The lowest BCUT2D eigenvalue weighted by Gasteiger charge is -2.32. The van der Waals surface area contributed by atoms with Crippen molar-refractivity contribution in [1.82, 2.24) is 25.1 Å². The van der Waals surface area contributed by atoms with Gasteiger partial charge in [0.05, 0.1) is 17.1 Å². The van der Waals surface area contributed by atoms with Gasteiger partial charge in [-0.2, -0.15) is 0 Å². The van der Waals surface area contributed by atoms with Gasteiger partial charge in [0.25, 0.3) is 0 Å². The number of aryl methyl sites for hydroxylation is 2. The lowest BCUT2D eigenvalue weighted by atomic mass is 9.95. The SMILES string of the molecule is CCc1ccc(C(C)NC(=O)C2CCN(c3ncnc4nn(-c5ccc(C)cc5)cc34)CC2)cc1. The average Bonchev–Trinajstić information content (AvgIpc) is 3.34. The molecule has 1 atom stereocenters. The van der Waals surface area contributed by atoms with Gasteiger partial charge in [-0.1, -0.05) is 48.9 Å². The quantitative estimate of drug-likeness (QED) is 0.441. The first-order chi connectivity index (χ1) is 17.0. The van der Waals surface area contributed by atoms with Crippen LogP contribution >= 0.6 is 0 Å². The maximum absolute atomic E-state index is 13.0. The fourth-order valence-corrected chi connectivity index (χ4v) is 4.72. The molecule has 0 saturated carbocycles. The molecule has 180 valence electrons. The van der Waals surface area contributed by atoms with Gasteiger partial charge in [-0.3, -0.25) is 4.79 Å². The van der Waals surface area contributed by atoms with Crippen molar-refractivity contribution in [3.63, 3.8) is 0 Å². The van der Waals surface area contributed by atoms with E-state index in [2.05, 4.69) is 94.6 Å². The smallest absolute Gasteiger partial charge is 0.223 e. The van der Waals surface area contributed by atoms with Crippen LogP contribution in [0.2, 0.25) is 0 Å². The second-order valence-corrected chi connectivity index (χ2v) is 9.43. The van der Waals surface area contributed by atoms with Gasteiger partial charge in [-0.25, -0.2) is 14.6 Å². The summed E-state index contributed by atoms with van der Waals surface area (Å²) in [5.41, 5.74) is 5.33. The van der Waals surface area contributed by atoms with Gasteiger partial charge in [0, 0.05) is 25.2 Å². The highest BCUT2D eigenvalue weighted by Crippen LogP contribution is 2.28. The molecule has 5 rings (SSSR count). The number of benzene rings is 2. The van der Waals surface area contributed by atoms with E-state index in [4.69, 9.17) is 0 Å². The van der Waals surface area contributed by atoms with E-state index >= 15 is 0 Å². The first-order valence-electron chi connectivity index (χ1n) is 12.4. The zero-order chi connectivity index (χ0) is 24.4. The van der Waals surface area contributed by atoms with Gasteiger partial charge in [0.2, 0.25) is 5.91 Å². The monoisotopic (exact) mass is 468 g/mol. The number of hydrogen-bond acceptors (Lipinski definition) is 5. The number of nitrogens with zero attached hydrogens (tertiary/aromatic N) is 5. The predicted molar refractivity (Wildman–Crippen MR) is 139 cm³/mol. The molecule has 1 unspecified atom stereocenters. The number of fused-ring (bicyclic) bond motifs is 1. The lowest BCUT2D eigenvalue weighted by molar-refractivity contribution is -0.126. The van der Waals surface area contributed by atoms with E-state index in [1.54, 1.807) is 6.33 Å². The van der Waals surface area contributed by atoms with Crippen LogP contribution in [0.15, 0.2) is 61.1 Å². The Labute approximate surface area is 206 Å². The van der Waals surface area contributed by atoms with E-state index in [0.29, 0.717) is 5.65 Å². The number of piperidine rings is 1. The highest BCUT2D eigenvalue weighted by atomic mass is 16.1. The molecule has 1 aliphatic heterocycles. The lowest BCUT2D eigenvalue weighted by Crippen LogP contribution is -2.41. The Bertz CT molecular complexity index is 1300. The van der Waals surface area contributed by atoms with Crippen molar-refractivity contribution in [2.24, 2.45) is 5.92 Å². The maximum Gasteiger partial charge on any atom is 0.223 e. The number of amides is 1. The zero-order valence-corrected chi connectivity index (χ0v) is 20.6. The Morgan fingerprint density at radius 1 is 1.06 bits per heavy atom. The third-order valence-electron chi connectivity index (χ3n) is 7.01. The summed E-state index contributed by atoms with van der Waals surface area (Å²) in [6.45, 7) is 7.83.